The van der Waals surface area contributed by atoms with E-state index >= 15 is 0 Å². The molecule has 0 atom stereocenters. The van der Waals surface area contributed by atoms with Crippen molar-refractivity contribution >= 4 is 34.0 Å². The van der Waals surface area contributed by atoms with Crippen molar-refractivity contribution in [2.45, 2.75) is 36.1 Å². The molecule has 1 aromatic heterocycles. The highest BCUT2D eigenvalue weighted by molar-refractivity contribution is 7.99. The normalized spacial score (nSPS) is 13.0. The number of fused-ring (bicyclic) bond motifs is 3. The smallest absolute Gasteiger partial charge is 0.0553 e. The fraction of sp³-hybridized carbons (Fsp3) is 0.231. The van der Waals surface area contributed by atoms with Crippen molar-refractivity contribution in [1.82, 2.24) is 10.3 Å². The molecule has 4 heteroatoms. The zero-order chi connectivity index (χ0) is 20.5. The Bertz CT molecular complexity index is 1140. The Labute approximate surface area is 182 Å². The van der Waals surface area contributed by atoms with Gasteiger partial charge in [0, 0.05) is 39.0 Å². The summed E-state index contributed by atoms with van der Waals surface area (Å²) < 4.78 is 0. The average Bonchev–Trinajstić information content (AvgIpc) is 3.20. The molecule has 0 amide bonds. The van der Waals surface area contributed by atoms with E-state index in [2.05, 4.69) is 102 Å². The second-order valence-electron chi connectivity index (χ2n) is 8.14. The van der Waals surface area contributed by atoms with E-state index in [-0.39, 0.29) is 0 Å². The summed E-state index contributed by atoms with van der Waals surface area (Å²) in [5.74, 6) is 0. The number of hydrogen-bond donors (Lipinski definition) is 2. The van der Waals surface area contributed by atoms with E-state index in [9.17, 15) is 0 Å². The molecular formula is C26H27N3S. The van der Waals surface area contributed by atoms with Crippen molar-refractivity contribution in [2.75, 3.05) is 18.0 Å². The van der Waals surface area contributed by atoms with E-state index < -0.39 is 0 Å². The van der Waals surface area contributed by atoms with Crippen LogP contribution in [0.15, 0.2) is 82.6 Å². The van der Waals surface area contributed by atoms with E-state index in [0.29, 0.717) is 6.04 Å². The van der Waals surface area contributed by atoms with Crippen LogP contribution in [0.1, 0.15) is 20.3 Å². The van der Waals surface area contributed by atoms with Crippen molar-refractivity contribution in [3.8, 4) is 11.3 Å². The van der Waals surface area contributed by atoms with Gasteiger partial charge >= 0.3 is 0 Å². The lowest BCUT2D eigenvalue weighted by Crippen LogP contribution is -2.28. The summed E-state index contributed by atoms with van der Waals surface area (Å²) in [6.45, 7) is 6.45. The van der Waals surface area contributed by atoms with Crippen LogP contribution < -0.4 is 10.2 Å². The fourth-order valence-electron chi connectivity index (χ4n) is 4.10. The summed E-state index contributed by atoms with van der Waals surface area (Å²) in [5, 5.41) is 4.79. The maximum atomic E-state index is 3.57. The molecule has 0 saturated heterocycles. The topological polar surface area (TPSA) is 31.1 Å². The van der Waals surface area contributed by atoms with Crippen LogP contribution in [-0.4, -0.2) is 24.1 Å². The van der Waals surface area contributed by atoms with Gasteiger partial charge in [-0.05, 0) is 54.9 Å². The third-order valence-electron chi connectivity index (χ3n) is 5.58. The molecule has 3 aromatic carbocycles. The summed E-state index contributed by atoms with van der Waals surface area (Å²) >= 11 is 1.87. The number of benzene rings is 3. The molecule has 0 radical (unpaired) electrons. The molecule has 0 bridgehead atoms. The van der Waals surface area contributed by atoms with Crippen LogP contribution in [0.25, 0.3) is 22.2 Å². The zero-order valence-electron chi connectivity index (χ0n) is 17.5. The van der Waals surface area contributed by atoms with E-state index in [4.69, 9.17) is 0 Å². The summed E-state index contributed by atoms with van der Waals surface area (Å²) in [6, 6.07) is 26.9. The monoisotopic (exact) mass is 413 g/mol. The average molecular weight is 414 g/mol. The quantitative estimate of drug-likeness (QED) is 0.340. The number of hydrogen-bond acceptors (Lipinski definition) is 3. The van der Waals surface area contributed by atoms with Gasteiger partial charge in [0.05, 0.1) is 11.4 Å². The molecule has 0 aliphatic carbocycles. The molecule has 0 unspecified atom stereocenters. The molecule has 1 aliphatic heterocycles. The maximum absolute atomic E-state index is 3.57. The Kier molecular flexibility index (Phi) is 5.28. The van der Waals surface area contributed by atoms with Crippen molar-refractivity contribution in [3.05, 3.63) is 72.8 Å². The lowest BCUT2D eigenvalue weighted by molar-refractivity contribution is 0.572. The predicted molar refractivity (Wildman–Crippen MR) is 129 cm³/mol. The van der Waals surface area contributed by atoms with Crippen molar-refractivity contribution in [3.63, 3.8) is 0 Å². The van der Waals surface area contributed by atoms with Gasteiger partial charge < -0.3 is 15.2 Å². The lowest BCUT2D eigenvalue weighted by atomic mass is 10.1. The van der Waals surface area contributed by atoms with Crippen LogP contribution in [-0.2, 0) is 0 Å². The highest BCUT2D eigenvalue weighted by Crippen LogP contribution is 2.49. The maximum Gasteiger partial charge on any atom is 0.0553 e. The second kappa shape index (κ2) is 8.21. The summed E-state index contributed by atoms with van der Waals surface area (Å²) in [4.78, 5) is 8.70. The van der Waals surface area contributed by atoms with E-state index in [1.165, 1.54) is 43.3 Å². The van der Waals surface area contributed by atoms with Gasteiger partial charge in [0.2, 0.25) is 0 Å². The molecule has 0 saturated carbocycles. The standard InChI is InChI=1S/C26H27N3S/c1-18(2)27-14-7-15-29-23-10-5-6-11-25(23)30-26-17-20(12-13-24(26)29)22-16-19-8-3-4-9-21(19)28-22/h3-6,8-13,16-18,27-28H,7,14-15H2,1-2H3. The zero-order valence-corrected chi connectivity index (χ0v) is 18.3. The van der Waals surface area contributed by atoms with E-state index in [1.807, 2.05) is 11.8 Å². The van der Waals surface area contributed by atoms with Crippen LogP contribution in [0.2, 0.25) is 0 Å². The minimum atomic E-state index is 0.528. The fourth-order valence-corrected chi connectivity index (χ4v) is 5.23. The minimum absolute atomic E-state index is 0.528. The number of para-hydroxylation sites is 2. The number of H-pyrrole nitrogens is 1. The first-order valence-electron chi connectivity index (χ1n) is 10.7. The first-order valence-corrected chi connectivity index (χ1v) is 11.5. The number of nitrogens with zero attached hydrogens (tertiary/aromatic N) is 1. The molecule has 2 heterocycles. The third kappa shape index (κ3) is 3.73. The first-order chi connectivity index (χ1) is 14.7. The highest BCUT2D eigenvalue weighted by Gasteiger charge is 2.23. The Morgan fingerprint density at radius 1 is 0.900 bits per heavy atom. The van der Waals surface area contributed by atoms with Crippen LogP contribution in [0.5, 0.6) is 0 Å². The highest BCUT2D eigenvalue weighted by atomic mass is 32.2. The lowest BCUT2D eigenvalue weighted by Gasteiger charge is -2.33. The molecule has 0 fully saturated rings. The SMILES string of the molecule is CC(C)NCCCN1c2ccccc2Sc2cc(-c3cc4ccccc4[nH]3)ccc21. The Morgan fingerprint density at radius 2 is 1.70 bits per heavy atom. The molecule has 4 aromatic rings. The largest absolute Gasteiger partial charge is 0.355 e. The number of aromatic amines is 1. The van der Waals surface area contributed by atoms with Crippen LogP contribution in [0.4, 0.5) is 11.4 Å². The predicted octanol–water partition coefficient (Wildman–Crippen LogP) is 6.83. The van der Waals surface area contributed by atoms with Gasteiger partial charge in [-0.2, -0.15) is 0 Å². The van der Waals surface area contributed by atoms with Gasteiger partial charge in [-0.3, -0.25) is 0 Å². The third-order valence-corrected chi connectivity index (χ3v) is 6.69. The molecule has 0 spiro atoms. The molecular weight excluding hydrogens is 386 g/mol. The Morgan fingerprint density at radius 3 is 2.57 bits per heavy atom. The first kappa shape index (κ1) is 19.3. The van der Waals surface area contributed by atoms with Gasteiger partial charge in [-0.15, -0.1) is 0 Å². The van der Waals surface area contributed by atoms with Gasteiger partial charge in [-0.25, -0.2) is 0 Å². The number of nitrogens with one attached hydrogen (secondary N) is 2. The van der Waals surface area contributed by atoms with E-state index in [0.717, 1.165) is 19.5 Å². The molecule has 1 aliphatic rings. The molecule has 3 nitrogen and oxygen atoms in total. The van der Waals surface area contributed by atoms with Crippen LogP contribution >= 0.6 is 11.8 Å². The molecule has 152 valence electrons. The molecule has 2 N–H and O–H groups in total. The van der Waals surface area contributed by atoms with Crippen LogP contribution in [0.3, 0.4) is 0 Å². The number of aromatic nitrogens is 1. The van der Waals surface area contributed by atoms with Crippen molar-refractivity contribution in [1.29, 1.82) is 0 Å². The Balaban J connectivity index is 1.48. The van der Waals surface area contributed by atoms with Gasteiger partial charge in [0.1, 0.15) is 0 Å². The molecule has 5 rings (SSSR count). The van der Waals surface area contributed by atoms with Gasteiger partial charge in [0.15, 0.2) is 0 Å². The minimum Gasteiger partial charge on any atom is -0.355 e. The van der Waals surface area contributed by atoms with Crippen LogP contribution in [0, 0.1) is 0 Å². The second-order valence-corrected chi connectivity index (χ2v) is 9.22. The summed E-state index contributed by atoms with van der Waals surface area (Å²) in [5.41, 5.74) is 6.22. The summed E-state index contributed by atoms with van der Waals surface area (Å²) in [6.07, 6.45) is 1.11. The molecule has 30 heavy (non-hydrogen) atoms. The van der Waals surface area contributed by atoms with Gasteiger partial charge in [0.25, 0.3) is 0 Å². The van der Waals surface area contributed by atoms with Crippen molar-refractivity contribution < 1.29 is 0 Å². The summed E-state index contributed by atoms with van der Waals surface area (Å²) in [7, 11) is 0. The number of anilines is 2. The Hall–Kier alpha value is -2.69. The van der Waals surface area contributed by atoms with Gasteiger partial charge in [-0.1, -0.05) is 62.0 Å². The van der Waals surface area contributed by atoms with Crippen molar-refractivity contribution in [2.24, 2.45) is 0 Å². The number of rotatable bonds is 6. The van der Waals surface area contributed by atoms with E-state index in [1.54, 1.807) is 0 Å².